The second-order valence-electron chi connectivity index (χ2n) is 4.56. The van der Waals surface area contributed by atoms with Gasteiger partial charge in [-0.05, 0) is 43.3 Å². The zero-order valence-corrected chi connectivity index (χ0v) is 14.0. The monoisotopic (exact) mass is 382 g/mol. The third-order valence-electron chi connectivity index (χ3n) is 3.14. The lowest BCUT2D eigenvalue weighted by molar-refractivity contribution is 0.894. The molecule has 0 aliphatic carbocycles. The normalized spacial score (nSPS) is 11.0. The molecular weight excluding hydrogens is 375 g/mol. The molecule has 0 atom stereocenters. The second kappa shape index (κ2) is 5.44. The van der Waals surface area contributed by atoms with Gasteiger partial charge in [0.2, 0.25) is 0 Å². The van der Waals surface area contributed by atoms with Crippen LogP contribution in [0.4, 0.5) is 0 Å². The lowest BCUT2D eigenvalue weighted by Gasteiger charge is -2.11. The fourth-order valence-corrected chi connectivity index (χ4v) is 3.02. The minimum atomic E-state index is -0.191. The van der Waals surface area contributed by atoms with E-state index < -0.39 is 0 Å². The quantitative estimate of drug-likeness (QED) is 0.606. The summed E-state index contributed by atoms with van der Waals surface area (Å²) in [4.78, 5) is 17.2. The van der Waals surface area contributed by atoms with Crippen molar-refractivity contribution in [3.63, 3.8) is 0 Å². The molecule has 0 unspecified atom stereocenters. The van der Waals surface area contributed by atoms with Gasteiger partial charge in [-0.3, -0.25) is 9.36 Å². The Bertz CT molecular complexity index is 904. The Hall–Kier alpha value is -1.36. The highest BCUT2D eigenvalue weighted by atomic mass is 79.9. The molecule has 0 saturated carbocycles. The van der Waals surface area contributed by atoms with E-state index in [1.54, 1.807) is 23.6 Å². The summed E-state index contributed by atoms with van der Waals surface area (Å²) in [5, 5.41) is 1.19. The third-order valence-corrected chi connectivity index (χ3v) is 4.18. The molecule has 0 bridgehead atoms. The topological polar surface area (TPSA) is 34.9 Å². The first-order valence-electron chi connectivity index (χ1n) is 6.12. The summed E-state index contributed by atoms with van der Waals surface area (Å²) in [5.74, 6) is 0.569. The third kappa shape index (κ3) is 2.59. The van der Waals surface area contributed by atoms with Crippen molar-refractivity contribution in [1.82, 2.24) is 9.55 Å². The molecule has 0 aliphatic rings. The van der Waals surface area contributed by atoms with E-state index in [0.717, 1.165) is 10.2 Å². The Kier molecular flexibility index (Phi) is 3.78. The van der Waals surface area contributed by atoms with Crippen molar-refractivity contribution in [2.75, 3.05) is 0 Å². The summed E-state index contributed by atoms with van der Waals surface area (Å²) >= 11 is 15.5. The number of rotatable bonds is 1. The fraction of sp³-hybridized carbons (Fsp3) is 0.0667. The Balaban J connectivity index is 2.39. The van der Waals surface area contributed by atoms with E-state index in [-0.39, 0.29) is 5.56 Å². The van der Waals surface area contributed by atoms with Crippen molar-refractivity contribution in [3.05, 3.63) is 67.1 Å². The number of nitrogens with zero attached hydrogens (tertiary/aromatic N) is 2. The zero-order chi connectivity index (χ0) is 15.1. The predicted molar refractivity (Wildman–Crippen MR) is 89.8 cm³/mol. The molecule has 0 amide bonds. The highest BCUT2D eigenvalue weighted by Gasteiger charge is 2.13. The number of hydrogen-bond donors (Lipinski definition) is 0. The van der Waals surface area contributed by atoms with E-state index in [9.17, 15) is 4.79 Å². The van der Waals surface area contributed by atoms with Crippen LogP contribution >= 0.6 is 39.1 Å². The zero-order valence-electron chi connectivity index (χ0n) is 10.9. The fourth-order valence-electron chi connectivity index (χ4n) is 2.22. The molecule has 0 spiro atoms. The van der Waals surface area contributed by atoms with E-state index in [2.05, 4.69) is 20.9 Å². The van der Waals surface area contributed by atoms with Crippen molar-refractivity contribution >= 4 is 50.0 Å². The first kappa shape index (κ1) is 14.6. The van der Waals surface area contributed by atoms with Crippen LogP contribution in [0.25, 0.3) is 16.6 Å². The van der Waals surface area contributed by atoms with Crippen LogP contribution in [0.1, 0.15) is 5.82 Å². The standard InChI is InChI=1S/C15H9BrCl2N2O/c1-8-19-14-12(6-10(17)7-13(14)18)15(21)20(8)11-4-2-9(16)3-5-11/h2-7H,1H3. The van der Waals surface area contributed by atoms with Gasteiger partial charge in [-0.1, -0.05) is 39.1 Å². The van der Waals surface area contributed by atoms with Gasteiger partial charge < -0.3 is 0 Å². The number of hydrogen-bond acceptors (Lipinski definition) is 2. The summed E-state index contributed by atoms with van der Waals surface area (Å²) in [6, 6.07) is 10.6. The maximum Gasteiger partial charge on any atom is 0.266 e. The molecule has 106 valence electrons. The average Bonchev–Trinajstić information content (AvgIpc) is 2.42. The maximum atomic E-state index is 12.7. The molecule has 0 saturated heterocycles. The van der Waals surface area contributed by atoms with Crippen molar-refractivity contribution < 1.29 is 0 Å². The number of fused-ring (bicyclic) bond motifs is 1. The van der Waals surface area contributed by atoms with E-state index in [4.69, 9.17) is 23.2 Å². The summed E-state index contributed by atoms with van der Waals surface area (Å²) in [5.41, 5.74) is 1.02. The van der Waals surface area contributed by atoms with Crippen molar-refractivity contribution in [1.29, 1.82) is 0 Å². The van der Waals surface area contributed by atoms with E-state index in [1.807, 2.05) is 24.3 Å². The molecule has 2 aromatic carbocycles. The highest BCUT2D eigenvalue weighted by Crippen LogP contribution is 2.25. The molecule has 0 radical (unpaired) electrons. The first-order chi connectivity index (χ1) is 9.97. The van der Waals surface area contributed by atoms with Gasteiger partial charge >= 0.3 is 0 Å². The van der Waals surface area contributed by atoms with Crippen LogP contribution in [0.2, 0.25) is 10.0 Å². The average molecular weight is 384 g/mol. The van der Waals surface area contributed by atoms with Gasteiger partial charge in [0, 0.05) is 9.50 Å². The number of aromatic nitrogens is 2. The Morgan fingerprint density at radius 2 is 1.81 bits per heavy atom. The van der Waals surface area contributed by atoms with Gasteiger partial charge in [0.25, 0.3) is 5.56 Å². The molecular formula is C15H9BrCl2N2O. The summed E-state index contributed by atoms with van der Waals surface area (Å²) < 4.78 is 2.48. The molecule has 3 rings (SSSR count). The molecule has 21 heavy (non-hydrogen) atoms. The van der Waals surface area contributed by atoms with Crippen molar-refractivity contribution in [2.24, 2.45) is 0 Å². The molecule has 1 aromatic heterocycles. The van der Waals surface area contributed by atoms with Gasteiger partial charge in [0.05, 0.1) is 21.6 Å². The largest absolute Gasteiger partial charge is 0.268 e. The van der Waals surface area contributed by atoms with Crippen LogP contribution in [0, 0.1) is 6.92 Å². The van der Waals surface area contributed by atoms with Crippen LogP contribution in [0.5, 0.6) is 0 Å². The minimum absolute atomic E-state index is 0.191. The van der Waals surface area contributed by atoms with E-state index in [0.29, 0.717) is 26.8 Å². The van der Waals surface area contributed by atoms with Gasteiger partial charge in [-0.15, -0.1) is 0 Å². The minimum Gasteiger partial charge on any atom is -0.268 e. The molecule has 0 fully saturated rings. The van der Waals surface area contributed by atoms with E-state index >= 15 is 0 Å². The number of aryl methyl sites for hydroxylation is 1. The number of benzene rings is 2. The van der Waals surface area contributed by atoms with Gasteiger partial charge in [-0.25, -0.2) is 4.98 Å². The van der Waals surface area contributed by atoms with Gasteiger partial charge in [0.15, 0.2) is 0 Å². The van der Waals surface area contributed by atoms with Crippen molar-refractivity contribution in [2.45, 2.75) is 6.92 Å². The Labute approximate surface area is 139 Å². The smallest absolute Gasteiger partial charge is 0.266 e. The van der Waals surface area contributed by atoms with Crippen molar-refractivity contribution in [3.8, 4) is 5.69 Å². The molecule has 3 aromatic rings. The first-order valence-corrected chi connectivity index (χ1v) is 7.66. The lowest BCUT2D eigenvalue weighted by Crippen LogP contribution is -2.22. The Morgan fingerprint density at radius 1 is 1.14 bits per heavy atom. The lowest BCUT2D eigenvalue weighted by atomic mass is 10.2. The summed E-state index contributed by atoms with van der Waals surface area (Å²) in [7, 11) is 0. The predicted octanol–water partition coefficient (Wildman–Crippen LogP) is 4.76. The highest BCUT2D eigenvalue weighted by molar-refractivity contribution is 9.10. The SMILES string of the molecule is Cc1nc2c(Cl)cc(Cl)cc2c(=O)n1-c1ccc(Br)cc1. The van der Waals surface area contributed by atoms with Crippen LogP contribution < -0.4 is 5.56 Å². The van der Waals surface area contributed by atoms with Gasteiger partial charge in [-0.2, -0.15) is 0 Å². The molecule has 1 heterocycles. The maximum absolute atomic E-state index is 12.7. The van der Waals surface area contributed by atoms with Crippen LogP contribution in [-0.2, 0) is 0 Å². The van der Waals surface area contributed by atoms with Crippen LogP contribution in [-0.4, -0.2) is 9.55 Å². The molecule has 0 N–H and O–H groups in total. The summed E-state index contributed by atoms with van der Waals surface area (Å²) in [6.45, 7) is 1.77. The van der Waals surface area contributed by atoms with Crippen LogP contribution in [0.3, 0.4) is 0 Å². The molecule has 0 aliphatic heterocycles. The van der Waals surface area contributed by atoms with Crippen LogP contribution in [0.15, 0.2) is 45.7 Å². The van der Waals surface area contributed by atoms with E-state index in [1.165, 1.54) is 0 Å². The molecule has 3 nitrogen and oxygen atoms in total. The Morgan fingerprint density at radius 3 is 2.48 bits per heavy atom. The van der Waals surface area contributed by atoms with Gasteiger partial charge in [0.1, 0.15) is 5.82 Å². The molecule has 6 heteroatoms. The second-order valence-corrected chi connectivity index (χ2v) is 6.32. The summed E-state index contributed by atoms with van der Waals surface area (Å²) in [6.07, 6.45) is 0. The number of halogens is 3.